The van der Waals surface area contributed by atoms with E-state index in [0.717, 1.165) is 48.6 Å². The summed E-state index contributed by atoms with van der Waals surface area (Å²) in [6.07, 6.45) is 4.38. The Labute approximate surface area is 182 Å². The summed E-state index contributed by atoms with van der Waals surface area (Å²) in [6, 6.07) is 19.7. The van der Waals surface area contributed by atoms with Crippen LogP contribution in [-0.2, 0) is 11.2 Å². The summed E-state index contributed by atoms with van der Waals surface area (Å²) >= 11 is 0. The number of ether oxygens (including phenoxy) is 1. The Balaban J connectivity index is 1.37. The molecule has 2 aliphatic rings. The molecule has 158 valence electrons. The summed E-state index contributed by atoms with van der Waals surface area (Å²) in [7, 11) is 0. The van der Waals surface area contributed by atoms with E-state index in [1.807, 2.05) is 53.4 Å². The lowest BCUT2D eigenvalue weighted by atomic mass is 9.97. The zero-order valence-corrected chi connectivity index (χ0v) is 17.5. The summed E-state index contributed by atoms with van der Waals surface area (Å²) in [4.78, 5) is 28.0. The molecule has 3 aromatic carbocycles. The lowest BCUT2D eigenvalue weighted by Crippen LogP contribution is -2.45. The minimum absolute atomic E-state index is 0.00422. The number of fused-ring (bicyclic) bond motifs is 3. The van der Waals surface area contributed by atoms with Gasteiger partial charge >= 0.3 is 0 Å². The number of anilines is 1. The molecule has 0 aromatic heterocycles. The van der Waals surface area contributed by atoms with Crippen LogP contribution in [0.2, 0.25) is 0 Å². The number of carbonyl (C=O) groups excluding carboxylic acids is 2. The van der Waals surface area contributed by atoms with Crippen LogP contribution in [-0.4, -0.2) is 35.9 Å². The lowest BCUT2D eigenvalue weighted by Gasteiger charge is -2.37. The number of benzene rings is 3. The zero-order valence-electron chi connectivity index (χ0n) is 17.5. The Kier molecular flexibility index (Phi) is 5.33. The Morgan fingerprint density at radius 1 is 1.03 bits per heavy atom. The van der Waals surface area contributed by atoms with Crippen molar-refractivity contribution in [1.29, 1.82) is 0 Å². The van der Waals surface area contributed by atoms with E-state index in [-0.39, 0.29) is 24.3 Å². The summed E-state index contributed by atoms with van der Waals surface area (Å²) in [5.74, 6) is 0.497. The van der Waals surface area contributed by atoms with Crippen LogP contribution in [0.4, 0.5) is 5.69 Å². The third kappa shape index (κ3) is 4.00. The fraction of sp³-hybridized carbons (Fsp3) is 0.308. The van der Waals surface area contributed by atoms with Crippen molar-refractivity contribution in [3.05, 3.63) is 71.8 Å². The largest absolute Gasteiger partial charge is 0.493 e. The van der Waals surface area contributed by atoms with Gasteiger partial charge in [0.05, 0.1) is 18.6 Å². The first-order chi connectivity index (χ1) is 15.2. The zero-order chi connectivity index (χ0) is 21.2. The standard InChI is InChI=1S/C26H26N2O3/c29-25(16-19-8-5-7-18-6-1-2-10-22(18)19)27-20-11-12-24-23(17-20)26(30)28-14-4-3-9-21(28)13-15-31-24/h1-2,5-8,10-12,17,21H,3-4,9,13-16H2,(H,27,29). The molecule has 5 nitrogen and oxygen atoms in total. The van der Waals surface area contributed by atoms with E-state index in [2.05, 4.69) is 5.32 Å². The third-order valence-corrected chi connectivity index (χ3v) is 6.32. The highest BCUT2D eigenvalue weighted by molar-refractivity contribution is 6.00. The first kappa shape index (κ1) is 19.6. The summed E-state index contributed by atoms with van der Waals surface area (Å²) in [5, 5.41) is 5.17. The predicted octanol–water partition coefficient (Wildman–Crippen LogP) is 4.80. The second-order valence-corrected chi connectivity index (χ2v) is 8.36. The minimum atomic E-state index is -0.105. The second-order valence-electron chi connectivity index (χ2n) is 8.36. The quantitative estimate of drug-likeness (QED) is 0.670. The molecule has 2 aliphatic heterocycles. The number of hydrogen-bond donors (Lipinski definition) is 1. The molecular formula is C26H26N2O3. The molecule has 0 aliphatic carbocycles. The fourth-order valence-corrected chi connectivity index (χ4v) is 4.75. The molecule has 5 rings (SSSR count). The molecule has 5 heteroatoms. The van der Waals surface area contributed by atoms with Crippen LogP contribution in [0.3, 0.4) is 0 Å². The van der Waals surface area contributed by atoms with Gasteiger partial charge < -0.3 is 15.0 Å². The maximum absolute atomic E-state index is 13.2. The number of nitrogens with one attached hydrogen (secondary N) is 1. The summed E-state index contributed by atoms with van der Waals surface area (Å²) in [6.45, 7) is 1.40. The average Bonchev–Trinajstić information content (AvgIpc) is 2.79. The van der Waals surface area contributed by atoms with Crippen molar-refractivity contribution in [2.45, 2.75) is 38.1 Å². The third-order valence-electron chi connectivity index (χ3n) is 6.32. The Bertz CT molecular complexity index is 1140. The molecule has 3 aromatic rings. The van der Waals surface area contributed by atoms with Gasteiger partial charge in [-0.15, -0.1) is 0 Å². The van der Waals surface area contributed by atoms with Crippen molar-refractivity contribution in [1.82, 2.24) is 4.90 Å². The topological polar surface area (TPSA) is 58.6 Å². The van der Waals surface area contributed by atoms with Crippen molar-refractivity contribution >= 4 is 28.3 Å². The van der Waals surface area contributed by atoms with Crippen LogP contribution in [0.1, 0.15) is 41.6 Å². The van der Waals surface area contributed by atoms with Crippen molar-refractivity contribution in [3.8, 4) is 5.75 Å². The van der Waals surface area contributed by atoms with Gasteiger partial charge in [-0.3, -0.25) is 9.59 Å². The second kappa shape index (κ2) is 8.42. The molecule has 1 saturated heterocycles. The van der Waals surface area contributed by atoms with Gasteiger partial charge in [-0.1, -0.05) is 42.5 Å². The molecule has 0 saturated carbocycles. The summed E-state index contributed by atoms with van der Waals surface area (Å²) < 4.78 is 5.89. The molecule has 31 heavy (non-hydrogen) atoms. The van der Waals surface area contributed by atoms with E-state index in [1.165, 1.54) is 0 Å². The lowest BCUT2D eigenvalue weighted by molar-refractivity contribution is -0.115. The molecule has 0 bridgehead atoms. The van der Waals surface area contributed by atoms with Gasteiger partial charge in [-0.25, -0.2) is 0 Å². The molecule has 0 spiro atoms. The Morgan fingerprint density at radius 3 is 2.84 bits per heavy atom. The van der Waals surface area contributed by atoms with E-state index >= 15 is 0 Å². The number of carbonyl (C=O) groups is 2. The first-order valence-electron chi connectivity index (χ1n) is 11.0. The maximum Gasteiger partial charge on any atom is 0.257 e. The monoisotopic (exact) mass is 414 g/mol. The molecule has 1 N–H and O–H groups in total. The number of hydrogen-bond acceptors (Lipinski definition) is 3. The van der Waals surface area contributed by atoms with Gasteiger partial charge in [0.2, 0.25) is 5.91 Å². The molecule has 1 fully saturated rings. The normalized spacial score (nSPS) is 18.4. The summed E-state index contributed by atoms with van der Waals surface area (Å²) in [5.41, 5.74) is 2.14. The molecule has 0 radical (unpaired) electrons. The van der Waals surface area contributed by atoms with Crippen molar-refractivity contribution in [2.75, 3.05) is 18.5 Å². The van der Waals surface area contributed by atoms with E-state index in [0.29, 0.717) is 23.6 Å². The Morgan fingerprint density at radius 2 is 1.90 bits per heavy atom. The minimum Gasteiger partial charge on any atom is -0.493 e. The molecule has 2 heterocycles. The van der Waals surface area contributed by atoms with Gasteiger partial charge in [0, 0.05) is 24.7 Å². The van der Waals surface area contributed by atoms with Gasteiger partial charge in [-0.05, 0) is 53.8 Å². The fourth-order valence-electron chi connectivity index (χ4n) is 4.75. The van der Waals surface area contributed by atoms with Gasteiger partial charge in [-0.2, -0.15) is 0 Å². The van der Waals surface area contributed by atoms with Gasteiger partial charge in [0.1, 0.15) is 5.75 Å². The van der Waals surface area contributed by atoms with Crippen LogP contribution in [0.5, 0.6) is 5.75 Å². The number of piperidine rings is 1. The van der Waals surface area contributed by atoms with Crippen LogP contribution in [0.15, 0.2) is 60.7 Å². The van der Waals surface area contributed by atoms with Crippen molar-refractivity contribution < 1.29 is 14.3 Å². The highest BCUT2D eigenvalue weighted by Crippen LogP contribution is 2.31. The molecular weight excluding hydrogens is 388 g/mol. The van der Waals surface area contributed by atoms with E-state index in [4.69, 9.17) is 4.74 Å². The number of amides is 2. The molecule has 1 atom stereocenters. The first-order valence-corrected chi connectivity index (χ1v) is 11.0. The predicted molar refractivity (Wildman–Crippen MR) is 122 cm³/mol. The van der Waals surface area contributed by atoms with Crippen LogP contribution < -0.4 is 10.1 Å². The van der Waals surface area contributed by atoms with Gasteiger partial charge in [0.15, 0.2) is 0 Å². The van der Waals surface area contributed by atoms with Crippen LogP contribution in [0, 0.1) is 0 Å². The van der Waals surface area contributed by atoms with Gasteiger partial charge in [0.25, 0.3) is 5.91 Å². The van der Waals surface area contributed by atoms with E-state index in [1.54, 1.807) is 12.1 Å². The highest BCUT2D eigenvalue weighted by Gasteiger charge is 2.31. The highest BCUT2D eigenvalue weighted by atomic mass is 16.5. The molecule has 1 unspecified atom stereocenters. The van der Waals surface area contributed by atoms with Crippen LogP contribution in [0.25, 0.3) is 10.8 Å². The number of nitrogens with zero attached hydrogens (tertiary/aromatic N) is 1. The number of rotatable bonds is 3. The van der Waals surface area contributed by atoms with Crippen molar-refractivity contribution in [3.63, 3.8) is 0 Å². The van der Waals surface area contributed by atoms with E-state index in [9.17, 15) is 9.59 Å². The Hall–Kier alpha value is -3.34. The SMILES string of the molecule is O=C(Cc1cccc2ccccc12)Nc1ccc2c(c1)C(=O)N1CCCCC1CCO2. The van der Waals surface area contributed by atoms with E-state index < -0.39 is 0 Å². The van der Waals surface area contributed by atoms with Crippen LogP contribution >= 0.6 is 0 Å². The maximum atomic E-state index is 13.2. The van der Waals surface area contributed by atoms with Crippen molar-refractivity contribution in [2.24, 2.45) is 0 Å². The smallest absolute Gasteiger partial charge is 0.257 e. The molecule has 2 amide bonds. The average molecular weight is 415 g/mol.